The molecule has 0 saturated carbocycles. The molecule has 3 heteroatoms. The topological polar surface area (TPSA) is 16.1 Å². The maximum atomic E-state index is 6.00. The maximum absolute atomic E-state index is 6.00. The molecular formula is C16H21ClN2. The van der Waals surface area contributed by atoms with Crippen molar-refractivity contribution < 1.29 is 0 Å². The molecule has 0 aliphatic heterocycles. The molecule has 2 nitrogen and oxygen atoms in total. The van der Waals surface area contributed by atoms with Crippen molar-refractivity contribution in [2.45, 2.75) is 26.7 Å². The quantitative estimate of drug-likeness (QED) is 0.750. The summed E-state index contributed by atoms with van der Waals surface area (Å²) in [4.78, 5) is 6.98. The van der Waals surface area contributed by atoms with Crippen LogP contribution in [0.4, 0.5) is 5.82 Å². The van der Waals surface area contributed by atoms with E-state index >= 15 is 0 Å². The second-order valence-electron chi connectivity index (χ2n) is 5.22. The van der Waals surface area contributed by atoms with Crippen LogP contribution in [0, 0.1) is 5.92 Å². The SMILES string of the molecule is CCN(CC(C)C)c1ncc(CCl)c2ccccc12. The molecule has 0 atom stereocenters. The van der Waals surface area contributed by atoms with E-state index in [1.165, 1.54) is 10.8 Å². The lowest BCUT2D eigenvalue weighted by atomic mass is 10.1. The number of alkyl halides is 1. The van der Waals surface area contributed by atoms with Gasteiger partial charge in [0.05, 0.1) is 0 Å². The molecule has 0 fully saturated rings. The normalized spacial score (nSPS) is 11.2. The standard InChI is InChI=1S/C16H21ClN2/c1-4-19(11-12(2)3)16-15-8-6-5-7-14(15)13(9-17)10-18-16/h5-8,10,12H,4,9,11H2,1-3H3. The highest BCUT2D eigenvalue weighted by Crippen LogP contribution is 2.28. The van der Waals surface area contributed by atoms with Gasteiger partial charge in [-0.2, -0.15) is 0 Å². The predicted molar refractivity (Wildman–Crippen MR) is 84.0 cm³/mol. The third-order valence-corrected chi connectivity index (χ3v) is 3.56. The van der Waals surface area contributed by atoms with Crippen LogP contribution < -0.4 is 4.90 Å². The smallest absolute Gasteiger partial charge is 0.136 e. The largest absolute Gasteiger partial charge is 0.356 e. The van der Waals surface area contributed by atoms with Crippen molar-refractivity contribution >= 4 is 28.2 Å². The number of anilines is 1. The number of halogens is 1. The molecule has 0 amide bonds. The summed E-state index contributed by atoms with van der Waals surface area (Å²) < 4.78 is 0. The van der Waals surface area contributed by atoms with Crippen molar-refractivity contribution in [3.63, 3.8) is 0 Å². The molecule has 102 valence electrons. The van der Waals surface area contributed by atoms with Gasteiger partial charge in [0.1, 0.15) is 5.82 Å². The summed E-state index contributed by atoms with van der Waals surface area (Å²) in [5.74, 6) is 2.19. The van der Waals surface area contributed by atoms with Crippen molar-refractivity contribution in [1.82, 2.24) is 4.98 Å². The summed E-state index contributed by atoms with van der Waals surface area (Å²) in [6.07, 6.45) is 1.91. The highest BCUT2D eigenvalue weighted by atomic mass is 35.5. The van der Waals surface area contributed by atoms with Gasteiger partial charge in [0.25, 0.3) is 0 Å². The Kier molecular flexibility index (Phi) is 4.65. The van der Waals surface area contributed by atoms with Crippen molar-refractivity contribution in [3.8, 4) is 0 Å². The lowest BCUT2D eigenvalue weighted by molar-refractivity contribution is 0.616. The van der Waals surface area contributed by atoms with E-state index < -0.39 is 0 Å². The van der Waals surface area contributed by atoms with Crippen LogP contribution in [0.5, 0.6) is 0 Å². The Morgan fingerprint density at radius 1 is 1.21 bits per heavy atom. The Morgan fingerprint density at radius 3 is 2.47 bits per heavy atom. The van der Waals surface area contributed by atoms with Crippen LogP contribution in [-0.2, 0) is 5.88 Å². The second kappa shape index (κ2) is 6.25. The predicted octanol–water partition coefficient (Wildman–Crippen LogP) is 4.46. The number of benzene rings is 1. The van der Waals surface area contributed by atoms with Crippen LogP contribution in [0.2, 0.25) is 0 Å². The van der Waals surface area contributed by atoms with Gasteiger partial charge in [0.2, 0.25) is 0 Å². The van der Waals surface area contributed by atoms with Crippen LogP contribution in [0.25, 0.3) is 10.8 Å². The molecule has 1 aromatic heterocycles. The lowest BCUT2D eigenvalue weighted by Gasteiger charge is -2.25. The van der Waals surface area contributed by atoms with E-state index in [1.807, 2.05) is 6.20 Å². The molecule has 0 unspecified atom stereocenters. The number of pyridine rings is 1. The van der Waals surface area contributed by atoms with Crippen molar-refractivity contribution in [2.24, 2.45) is 5.92 Å². The minimum Gasteiger partial charge on any atom is -0.356 e. The molecular weight excluding hydrogens is 256 g/mol. The Balaban J connectivity index is 2.54. The van der Waals surface area contributed by atoms with Gasteiger partial charge in [-0.15, -0.1) is 11.6 Å². The van der Waals surface area contributed by atoms with Crippen LogP contribution in [0.1, 0.15) is 26.3 Å². The van der Waals surface area contributed by atoms with Crippen molar-refractivity contribution in [1.29, 1.82) is 0 Å². The first-order valence-electron chi connectivity index (χ1n) is 6.84. The fraction of sp³-hybridized carbons (Fsp3) is 0.438. The summed E-state index contributed by atoms with van der Waals surface area (Å²) in [5.41, 5.74) is 1.10. The highest BCUT2D eigenvalue weighted by molar-refractivity contribution is 6.18. The maximum Gasteiger partial charge on any atom is 0.136 e. The fourth-order valence-electron chi connectivity index (χ4n) is 2.40. The first kappa shape index (κ1) is 14.1. The van der Waals surface area contributed by atoms with Crippen LogP contribution in [0.15, 0.2) is 30.5 Å². The van der Waals surface area contributed by atoms with Crippen molar-refractivity contribution in [3.05, 3.63) is 36.0 Å². The summed E-state index contributed by atoms with van der Waals surface area (Å²) in [6.45, 7) is 8.63. The molecule has 0 N–H and O–H groups in total. The van der Waals surface area contributed by atoms with Crippen LogP contribution in [-0.4, -0.2) is 18.1 Å². The van der Waals surface area contributed by atoms with Gasteiger partial charge >= 0.3 is 0 Å². The second-order valence-corrected chi connectivity index (χ2v) is 5.49. The van der Waals surface area contributed by atoms with Gasteiger partial charge in [-0.3, -0.25) is 0 Å². The van der Waals surface area contributed by atoms with Gasteiger partial charge in [0.15, 0.2) is 0 Å². The highest BCUT2D eigenvalue weighted by Gasteiger charge is 2.13. The zero-order valence-corrected chi connectivity index (χ0v) is 12.6. The molecule has 0 aliphatic carbocycles. The minimum atomic E-state index is 0.504. The number of hydrogen-bond donors (Lipinski definition) is 0. The Bertz CT molecular complexity index is 551. The summed E-state index contributed by atoms with van der Waals surface area (Å²) in [5, 5.41) is 2.41. The molecule has 0 spiro atoms. The van der Waals surface area contributed by atoms with E-state index in [0.717, 1.165) is 24.5 Å². The van der Waals surface area contributed by atoms with E-state index in [0.29, 0.717) is 11.8 Å². The monoisotopic (exact) mass is 276 g/mol. The molecule has 0 saturated heterocycles. The fourth-order valence-corrected chi connectivity index (χ4v) is 2.61. The van der Waals surface area contributed by atoms with Crippen LogP contribution in [0.3, 0.4) is 0 Å². The number of rotatable bonds is 5. The molecule has 2 rings (SSSR count). The Morgan fingerprint density at radius 2 is 1.89 bits per heavy atom. The van der Waals surface area contributed by atoms with E-state index in [-0.39, 0.29) is 0 Å². The number of aromatic nitrogens is 1. The molecule has 1 heterocycles. The summed E-state index contributed by atoms with van der Waals surface area (Å²) >= 11 is 6.00. The molecule has 0 radical (unpaired) electrons. The molecule has 0 bridgehead atoms. The third kappa shape index (κ3) is 3.01. The van der Waals surface area contributed by atoms with Crippen LogP contribution >= 0.6 is 11.6 Å². The van der Waals surface area contributed by atoms with Gasteiger partial charge < -0.3 is 4.90 Å². The van der Waals surface area contributed by atoms with Gasteiger partial charge in [0, 0.05) is 30.6 Å². The molecule has 1 aromatic carbocycles. The zero-order chi connectivity index (χ0) is 13.8. The first-order chi connectivity index (χ1) is 9.17. The minimum absolute atomic E-state index is 0.504. The average molecular weight is 277 g/mol. The van der Waals surface area contributed by atoms with Crippen molar-refractivity contribution in [2.75, 3.05) is 18.0 Å². The number of nitrogens with zero attached hydrogens (tertiary/aromatic N) is 2. The molecule has 19 heavy (non-hydrogen) atoms. The number of fused-ring (bicyclic) bond motifs is 1. The molecule has 0 aliphatic rings. The van der Waals surface area contributed by atoms with Gasteiger partial charge in [-0.25, -0.2) is 4.98 Å². The van der Waals surface area contributed by atoms with E-state index in [9.17, 15) is 0 Å². The average Bonchev–Trinajstić information content (AvgIpc) is 2.43. The van der Waals surface area contributed by atoms with E-state index in [1.54, 1.807) is 0 Å². The molecule has 2 aromatic rings. The van der Waals surface area contributed by atoms with E-state index in [2.05, 4.69) is 54.9 Å². The van der Waals surface area contributed by atoms with E-state index in [4.69, 9.17) is 11.6 Å². The zero-order valence-electron chi connectivity index (χ0n) is 11.9. The number of hydrogen-bond acceptors (Lipinski definition) is 2. The lowest BCUT2D eigenvalue weighted by Crippen LogP contribution is -2.28. The summed E-state index contributed by atoms with van der Waals surface area (Å²) in [7, 11) is 0. The Hall–Kier alpha value is -1.28. The first-order valence-corrected chi connectivity index (χ1v) is 7.38. The Labute approximate surface area is 120 Å². The van der Waals surface area contributed by atoms with Gasteiger partial charge in [-0.1, -0.05) is 38.1 Å². The third-order valence-electron chi connectivity index (χ3n) is 3.27. The van der Waals surface area contributed by atoms with Gasteiger partial charge in [-0.05, 0) is 23.8 Å². The summed E-state index contributed by atoms with van der Waals surface area (Å²) in [6, 6.07) is 8.38.